The molecule has 0 spiro atoms. The number of hydrogen-bond acceptors (Lipinski definition) is 20. The zero-order valence-corrected chi connectivity index (χ0v) is 66.7. The van der Waals surface area contributed by atoms with Gasteiger partial charge in [-0.3, -0.25) is 43.0 Å². The van der Waals surface area contributed by atoms with Crippen LogP contribution in [0.15, 0.2) is 122 Å². The Labute approximate surface area is 661 Å². The minimum absolute atomic E-state index is 0.0433. The van der Waals surface area contributed by atoms with Crippen LogP contribution in [0, 0.1) is 34.3 Å². The van der Waals surface area contributed by atoms with Crippen LogP contribution in [0.1, 0.15) is 156 Å². The molecule has 4 aromatic carbocycles. The van der Waals surface area contributed by atoms with Crippen molar-refractivity contribution in [2.75, 3.05) is 44.5 Å². The van der Waals surface area contributed by atoms with Crippen molar-refractivity contribution >= 4 is 117 Å². The van der Waals surface area contributed by atoms with E-state index >= 15 is 0 Å². The number of esters is 1. The van der Waals surface area contributed by atoms with Gasteiger partial charge in [-0.15, -0.1) is 0 Å². The van der Waals surface area contributed by atoms with Gasteiger partial charge in [0, 0.05) is 75.6 Å². The van der Waals surface area contributed by atoms with E-state index in [1.165, 1.54) is 67.6 Å². The Kier molecular flexibility index (Phi) is 25.3. The third kappa shape index (κ3) is 18.8. The van der Waals surface area contributed by atoms with Gasteiger partial charge in [-0.2, -0.15) is 0 Å². The highest BCUT2D eigenvalue weighted by atomic mass is 35.5. The molecule has 24 nitrogen and oxygen atoms in total. The number of benzene rings is 4. The standard InChI is InChI=1S/2C39H44ClFN4O7S.C4H8O2/c2*1-38(15-16-38)53(49,50)44-37(48)39-20-24(39)9-6-4-3-5-7-12-31(43-27-11-8-10-26(41)18-27)36(47)45-23-28(19-32(45)33(46)21-39)52-35-30-17-25(40)13-14-29(30)34(51-2)22-42-35;1-3-6-4(2)5/h2*6,8-11,13-14,17-18,22,24,28,31-32,43H,3-5,7,12,15-16,19-21,23H2,1-2H3,(H,44,48);3H2,1-2H3/b2*9-6-;/t2*24-,28-,31+,32+,39-;/m11./s1. The fourth-order valence-corrected chi connectivity index (χ4v) is 18.5. The number of carbonyl (C=O) groups excluding carboxylic acids is 7. The number of aromatic nitrogens is 2. The first kappa shape index (κ1) is 82.5. The molecule has 2 aromatic heterocycles. The molecule has 4 amide bonds. The molecule has 6 fully saturated rings. The summed E-state index contributed by atoms with van der Waals surface area (Å²) in [5.74, 6) is -2.98. The summed E-state index contributed by atoms with van der Waals surface area (Å²) in [6.07, 6.45) is 18.9. The predicted octanol–water partition coefficient (Wildman–Crippen LogP) is 13.3. The Morgan fingerprint density at radius 2 is 0.982 bits per heavy atom. The molecule has 14 rings (SSSR count). The maximum atomic E-state index is 14.6. The largest absolute Gasteiger partial charge is 0.494 e. The van der Waals surface area contributed by atoms with Crippen molar-refractivity contribution in [1.82, 2.24) is 29.2 Å². The predicted molar refractivity (Wildman–Crippen MR) is 420 cm³/mol. The van der Waals surface area contributed by atoms with Gasteiger partial charge in [-0.05, 0) is 182 Å². The number of halogens is 4. The lowest BCUT2D eigenvalue weighted by Crippen LogP contribution is -2.49. The summed E-state index contributed by atoms with van der Waals surface area (Å²) in [4.78, 5) is 108. The van der Waals surface area contributed by atoms with Gasteiger partial charge in [0.15, 0.2) is 11.6 Å². The molecule has 4 aliphatic heterocycles. The van der Waals surface area contributed by atoms with Gasteiger partial charge < -0.3 is 44.1 Å². The highest BCUT2D eigenvalue weighted by Gasteiger charge is 2.64. The van der Waals surface area contributed by atoms with Crippen molar-refractivity contribution in [3.8, 4) is 23.3 Å². The minimum atomic E-state index is -3.95. The molecular weight excluding hydrogens is 1530 g/mol. The van der Waals surface area contributed by atoms with E-state index in [-0.39, 0.29) is 91.7 Å². The summed E-state index contributed by atoms with van der Waals surface area (Å²) in [5.41, 5.74) is -1.65. The lowest BCUT2D eigenvalue weighted by atomic mass is 9.91. The Morgan fingerprint density at radius 3 is 1.34 bits per heavy atom. The average molecular weight is 1620 g/mol. The molecule has 112 heavy (non-hydrogen) atoms. The van der Waals surface area contributed by atoms with Gasteiger partial charge in [-0.25, -0.2) is 35.6 Å². The van der Waals surface area contributed by atoms with Crippen LogP contribution in [0.2, 0.25) is 10.0 Å². The van der Waals surface area contributed by atoms with Gasteiger partial charge in [-0.1, -0.05) is 85.3 Å². The fraction of sp³-hybridized carbons (Fsp3) is 0.500. The molecular formula is C82H96Cl2F2N8O16S2. The summed E-state index contributed by atoms with van der Waals surface area (Å²) >= 11 is 12.7. The number of ether oxygens (including phenoxy) is 5. The van der Waals surface area contributed by atoms with Gasteiger partial charge >= 0.3 is 5.97 Å². The molecule has 4 N–H and O–H groups in total. The summed E-state index contributed by atoms with van der Waals surface area (Å²) < 4.78 is 112. The van der Waals surface area contributed by atoms with E-state index in [9.17, 15) is 59.2 Å². The van der Waals surface area contributed by atoms with Crippen molar-refractivity contribution in [3.05, 3.63) is 143 Å². The number of anilines is 2. The lowest BCUT2D eigenvalue weighted by molar-refractivity contribution is -0.140. The Morgan fingerprint density at radius 1 is 0.571 bits per heavy atom. The van der Waals surface area contributed by atoms with Crippen molar-refractivity contribution in [2.45, 2.75) is 202 Å². The first-order valence-electron chi connectivity index (χ1n) is 38.3. The van der Waals surface area contributed by atoms with Crippen LogP contribution in [0.4, 0.5) is 20.2 Å². The zero-order valence-electron chi connectivity index (χ0n) is 63.6. The molecule has 6 heterocycles. The van der Waals surface area contributed by atoms with Crippen LogP contribution in [0.3, 0.4) is 0 Å². The molecule has 8 aliphatic rings. The molecule has 30 heteroatoms. The number of allylic oxidation sites excluding steroid dienone is 4. The number of hydrogen-bond donors (Lipinski definition) is 4. The van der Waals surface area contributed by atoms with Crippen LogP contribution in [-0.4, -0.2) is 158 Å². The number of amides is 4. The first-order chi connectivity index (χ1) is 53.4. The van der Waals surface area contributed by atoms with Crippen LogP contribution < -0.4 is 39.0 Å². The molecule has 600 valence electrons. The monoisotopic (exact) mass is 1620 g/mol. The minimum Gasteiger partial charge on any atom is -0.494 e. The number of fused-ring (bicyclic) bond motifs is 6. The van der Waals surface area contributed by atoms with E-state index in [2.05, 4.69) is 34.8 Å². The third-order valence-corrected chi connectivity index (χ3v) is 27.7. The smallest absolute Gasteiger partial charge is 0.302 e. The SMILES string of the molecule is CCOC(C)=O.COc1cnc(O[C@@H]2C[C@H]3C(=O)C[C@]4(C(=O)NS(=O)(=O)C5(C)CC5)C[C@H]4/C=C\CCCCC[C@H](Nc4cccc(F)c4)C(=O)N3C2)c2cc(Cl)ccc12.COc1cnc(O[C@@H]2C[C@H]3C(=O)C[C@]4(C(=O)NS(=O)(=O)C5(C)CC5)C[C@H]4/C=C\CCCCC[C@H](Nc4cccc(F)c4)C(=O)N3C2)c2cc(Cl)ccc12. The van der Waals surface area contributed by atoms with Crippen molar-refractivity contribution < 1.29 is 82.9 Å². The summed E-state index contributed by atoms with van der Waals surface area (Å²) in [5, 5.41) is 9.99. The number of sulfonamides is 2. The number of nitrogens with one attached hydrogen (secondary N) is 4. The maximum absolute atomic E-state index is 14.6. The molecule has 0 unspecified atom stereocenters. The fourth-order valence-electron chi connectivity index (χ4n) is 15.5. The van der Waals surface area contributed by atoms with E-state index in [1.807, 2.05) is 24.3 Å². The van der Waals surface area contributed by atoms with Crippen LogP contribution in [0.5, 0.6) is 23.3 Å². The summed E-state index contributed by atoms with van der Waals surface area (Å²) in [6.45, 7) is 6.96. The maximum Gasteiger partial charge on any atom is 0.302 e. The lowest BCUT2D eigenvalue weighted by Gasteiger charge is -2.30. The van der Waals surface area contributed by atoms with Crippen LogP contribution >= 0.6 is 23.2 Å². The van der Waals surface area contributed by atoms with E-state index in [0.717, 1.165) is 49.3 Å². The van der Waals surface area contributed by atoms with Gasteiger partial charge in [0.05, 0.1) is 78.7 Å². The van der Waals surface area contributed by atoms with Gasteiger partial charge in [0.1, 0.15) is 47.4 Å². The Balaban J connectivity index is 0.000000194. The number of pyridine rings is 2. The second-order valence-electron chi connectivity index (χ2n) is 31.1. The second-order valence-corrected chi connectivity index (χ2v) is 36.3. The Hall–Kier alpha value is -8.99. The molecule has 4 aliphatic carbocycles. The molecule has 0 radical (unpaired) electrons. The number of rotatable bonds is 17. The van der Waals surface area contributed by atoms with E-state index in [1.54, 1.807) is 81.4 Å². The van der Waals surface area contributed by atoms with Crippen molar-refractivity contribution in [2.24, 2.45) is 22.7 Å². The summed E-state index contributed by atoms with van der Waals surface area (Å²) in [7, 11) is -4.82. The van der Waals surface area contributed by atoms with E-state index in [4.69, 9.17) is 42.1 Å². The molecule has 0 bridgehead atoms. The molecule has 10 atom stereocenters. The molecule has 6 aromatic rings. The third-order valence-electron chi connectivity index (χ3n) is 22.9. The highest BCUT2D eigenvalue weighted by molar-refractivity contribution is 7.92. The van der Waals surface area contributed by atoms with Gasteiger partial charge in [0.25, 0.3) is 0 Å². The number of carbonyl (C=O) groups is 7. The topological polar surface area (TPSA) is 314 Å². The Bertz CT molecular complexity index is 4600. The van der Waals surface area contributed by atoms with Gasteiger partial charge in [0.2, 0.25) is 55.4 Å². The zero-order chi connectivity index (χ0) is 80.1. The molecule has 4 saturated carbocycles. The second kappa shape index (κ2) is 34.4. The van der Waals surface area contributed by atoms with E-state index in [0.29, 0.717) is 115 Å². The number of nitrogens with zero attached hydrogens (tertiary/aromatic N) is 4. The van der Waals surface area contributed by atoms with E-state index < -0.39 is 100 Å². The van der Waals surface area contributed by atoms with Crippen molar-refractivity contribution in [1.29, 1.82) is 0 Å². The highest BCUT2D eigenvalue weighted by Crippen LogP contribution is 2.59. The first-order valence-corrected chi connectivity index (χ1v) is 42.0. The number of Topliss-reactive ketones (excluding diaryl/α,β-unsaturated/α-hetero) is 2. The number of ketones is 2. The van der Waals surface area contributed by atoms with Crippen LogP contribution in [0.25, 0.3) is 21.5 Å². The normalized spacial score (nSPS) is 26.7. The summed E-state index contributed by atoms with van der Waals surface area (Å²) in [6, 6.07) is 18.8. The molecule has 2 saturated heterocycles. The number of methoxy groups -OCH3 is 2. The average Bonchev–Trinajstić information content (AvgIpc) is 1.57. The van der Waals surface area contributed by atoms with Crippen molar-refractivity contribution in [3.63, 3.8) is 0 Å². The van der Waals surface area contributed by atoms with Crippen LogP contribution in [-0.2, 0) is 58.3 Å². The quantitative estimate of drug-likeness (QED) is 0.0487.